The lowest BCUT2D eigenvalue weighted by atomic mass is 10.1. The van der Waals surface area contributed by atoms with Gasteiger partial charge in [-0.2, -0.15) is 0 Å². The van der Waals surface area contributed by atoms with E-state index in [9.17, 15) is 0 Å². The van der Waals surface area contributed by atoms with Gasteiger partial charge in [0, 0.05) is 0 Å². The fraction of sp³-hybridized carbons (Fsp3) is 1.00. The lowest BCUT2D eigenvalue weighted by molar-refractivity contribution is 0.332. The average molecular weight is 103 g/mol. The molecule has 0 bridgehead atoms. The Morgan fingerprint density at radius 2 is 1.29 bits per heavy atom. The van der Waals surface area contributed by atoms with Crippen molar-refractivity contribution in [3.8, 4) is 0 Å². The lowest BCUT2D eigenvalue weighted by Gasteiger charge is -2.22. The second-order valence-electron chi connectivity index (χ2n) is 2.15. The van der Waals surface area contributed by atoms with E-state index in [1.165, 1.54) is 0 Å². The van der Waals surface area contributed by atoms with Gasteiger partial charge >= 0.3 is 0 Å². The molecule has 6 N–H and O–H groups in total. The van der Waals surface area contributed by atoms with Gasteiger partial charge in [0.05, 0.1) is 0 Å². The van der Waals surface area contributed by atoms with Gasteiger partial charge < -0.3 is 17.2 Å². The Labute approximate surface area is 43.9 Å². The second-order valence-corrected chi connectivity index (χ2v) is 2.15. The van der Waals surface area contributed by atoms with Gasteiger partial charge in [0.2, 0.25) is 0 Å². The topological polar surface area (TPSA) is 78.1 Å². The fourth-order valence-electron chi connectivity index (χ4n) is 0. The molecule has 0 amide bonds. The van der Waals surface area contributed by atoms with Crippen LogP contribution in [0.2, 0.25) is 0 Å². The molecular weight excluding hydrogens is 90.1 g/mol. The largest absolute Gasteiger partial charge is 0.301 e. The van der Waals surface area contributed by atoms with Crippen LogP contribution in [0.25, 0.3) is 0 Å². The van der Waals surface area contributed by atoms with Crippen molar-refractivity contribution in [2.45, 2.75) is 19.6 Å². The minimum Gasteiger partial charge on any atom is -0.301 e. The predicted octanol–water partition coefficient (Wildman–Crippen LogP) is -0.828. The van der Waals surface area contributed by atoms with Gasteiger partial charge in [-0.25, -0.2) is 0 Å². The summed E-state index contributed by atoms with van der Waals surface area (Å²) in [5.41, 5.74) is 15.7. The monoisotopic (exact) mass is 103 g/mol. The molecule has 0 aromatic carbocycles. The molecule has 0 aliphatic heterocycles. The van der Waals surface area contributed by atoms with E-state index < -0.39 is 5.79 Å². The molecule has 0 saturated carbocycles. The van der Waals surface area contributed by atoms with Gasteiger partial charge in [-0.05, 0) is 5.92 Å². The molecule has 0 atom stereocenters. The molecule has 0 radical (unpaired) electrons. The van der Waals surface area contributed by atoms with Crippen molar-refractivity contribution in [3.63, 3.8) is 0 Å². The molecule has 0 aliphatic carbocycles. The second kappa shape index (κ2) is 1.78. The number of hydrogen-bond acceptors (Lipinski definition) is 3. The van der Waals surface area contributed by atoms with Gasteiger partial charge in [0.25, 0.3) is 0 Å². The van der Waals surface area contributed by atoms with Crippen molar-refractivity contribution >= 4 is 0 Å². The summed E-state index contributed by atoms with van der Waals surface area (Å²) in [6.45, 7) is 3.75. The quantitative estimate of drug-likeness (QED) is 0.379. The molecule has 7 heavy (non-hydrogen) atoms. The molecule has 0 spiro atoms. The van der Waals surface area contributed by atoms with Gasteiger partial charge in [0.1, 0.15) is 5.79 Å². The van der Waals surface area contributed by atoms with Crippen LogP contribution >= 0.6 is 0 Å². The first-order valence-corrected chi connectivity index (χ1v) is 2.31. The summed E-state index contributed by atoms with van der Waals surface area (Å²) < 4.78 is 0. The SMILES string of the molecule is CC(C)C(N)(N)N. The fourth-order valence-corrected chi connectivity index (χ4v) is 0. The summed E-state index contributed by atoms with van der Waals surface area (Å²) in [5, 5.41) is 0. The molecule has 0 aromatic heterocycles. The maximum absolute atomic E-state index is 5.23. The Morgan fingerprint density at radius 3 is 1.29 bits per heavy atom. The highest BCUT2D eigenvalue weighted by Crippen LogP contribution is 1.96. The first-order valence-electron chi connectivity index (χ1n) is 2.31. The zero-order valence-corrected chi connectivity index (χ0v) is 4.81. The van der Waals surface area contributed by atoms with Gasteiger partial charge in [-0.15, -0.1) is 0 Å². The third-order valence-electron chi connectivity index (χ3n) is 1.00. The van der Waals surface area contributed by atoms with Crippen molar-refractivity contribution in [2.24, 2.45) is 23.1 Å². The van der Waals surface area contributed by atoms with Crippen molar-refractivity contribution in [1.29, 1.82) is 0 Å². The van der Waals surface area contributed by atoms with Crippen LogP contribution in [-0.4, -0.2) is 5.79 Å². The number of rotatable bonds is 1. The molecular formula is C4H13N3. The van der Waals surface area contributed by atoms with Crippen LogP contribution in [0.3, 0.4) is 0 Å². The summed E-state index contributed by atoms with van der Waals surface area (Å²) >= 11 is 0. The van der Waals surface area contributed by atoms with E-state index in [0.29, 0.717) is 0 Å². The van der Waals surface area contributed by atoms with E-state index in [1.54, 1.807) is 0 Å². The molecule has 0 unspecified atom stereocenters. The van der Waals surface area contributed by atoms with E-state index in [0.717, 1.165) is 0 Å². The Hall–Kier alpha value is -0.120. The molecule has 3 nitrogen and oxygen atoms in total. The average Bonchev–Trinajstić information content (AvgIpc) is 1.31. The lowest BCUT2D eigenvalue weighted by Crippen LogP contribution is -2.61. The third-order valence-corrected chi connectivity index (χ3v) is 1.00. The first kappa shape index (κ1) is 6.88. The normalized spacial score (nSPS) is 12.9. The molecule has 0 heterocycles. The van der Waals surface area contributed by atoms with E-state index in [-0.39, 0.29) is 5.92 Å². The molecule has 0 aromatic rings. The highest BCUT2D eigenvalue weighted by Gasteiger charge is 2.15. The Morgan fingerprint density at radius 1 is 1.14 bits per heavy atom. The zero-order valence-electron chi connectivity index (χ0n) is 4.81. The number of nitrogens with two attached hydrogens (primary N) is 3. The van der Waals surface area contributed by atoms with Crippen LogP contribution < -0.4 is 17.2 Å². The Kier molecular flexibility index (Phi) is 1.75. The summed E-state index contributed by atoms with van der Waals surface area (Å²) in [5.74, 6) is -0.868. The summed E-state index contributed by atoms with van der Waals surface area (Å²) in [6.07, 6.45) is 0. The molecule has 44 valence electrons. The van der Waals surface area contributed by atoms with Crippen LogP contribution in [0.4, 0.5) is 0 Å². The van der Waals surface area contributed by atoms with Crippen LogP contribution in [0.15, 0.2) is 0 Å². The van der Waals surface area contributed by atoms with E-state index in [4.69, 9.17) is 17.2 Å². The third kappa shape index (κ3) is 2.56. The summed E-state index contributed by atoms with van der Waals surface area (Å²) in [6, 6.07) is 0. The highest BCUT2D eigenvalue weighted by atomic mass is 15.1. The standard InChI is InChI=1S/C4H13N3/c1-3(2)4(5,6)7/h3H,5-7H2,1-2H3. The molecule has 0 rings (SSSR count). The van der Waals surface area contributed by atoms with Crippen molar-refractivity contribution < 1.29 is 0 Å². The van der Waals surface area contributed by atoms with Crippen LogP contribution in [0.1, 0.15) is 13.8 Å². The van der Waals surface area contributed by atoms with Crippen LogP contribution in [0.5, 0.6) is 0 Å². The van der Waals surface area contributed by atoms with E-state index in [2.05, 4.69) is 0 Å². The van der Waals surface area contributed by atoms with E-state index in [1.807, 2.05) is 13.8 Å². The smallest absolute Gasteiger partial charge is 0.118 e. The van der Waals surface area contributed by atoms with Gasteiger partial charge in [-0.3, -0.25) is 0 Å². The van der Waals surface area contributed by atoms with Crippen LogP contribution in [-0.2, 0) is 0 Å². The predicted molar refractivity (Wildman–Crippen MR) is 30.1 cm³/mol. The maximum atomic E-state index is 5.23. The summed E-state index contributed by atoms with van der Waals surface area (Å²) in [7, 11) is 0. The van der Waals surface area contributed by atoms with Crippen LogP contribution in [0, 0.1) is 5.92 Å². The van der Waals surface area contributed by atoms with Gasteiger partial charge in [0.15, 0.2) is 0 Å². The Bertz CT molecular complexity index is 52.4. The molecule has 3 heteroatoms. The molecule has 0 fully saturated rings. The Balaban J connectivity index is 3.54. The zero-order chi connectivity index (χ0) is 6.08. The first-order chi connectivity index (χ1) is 2.94. The number of hydrogen-bond donors (Lipinski definition) is 3. The van der Waals surface area contributed by atoms with Gasteiger partial charge in [-0.1, -0.05) is 13.8 Å². The molecule has 0 aliphatic rings. The molecule has 0 saturated heterocycles. The van der Waals surface area contributed by atoms with E-state index >= 15 is 0 Å². The summed E-state index contributed by atoms with van der Waals surface area (Å²) in [4.78, 5) is 0. The minimum atomic E-state index is -1.00. The minimum absolute atomic E-state index is 0.132. The maximum Gasteiger partial charge on any atom is 0.118 e. The van der Waals surface area contributed by atoms with Crippen molar-refractivity contribution in [1.82, 2.24) is 0 Å². The van der Waals surface area contributed by atoms with Crippen molar-refractivity contribution in [2.75, 3.05) is 0 Å². The highest BCUT2D eigenvalue weighted by molar-refractivity contribution is 4.70. The van der Waals surface area contributed by atoms with Crippen molar-refractivity contribution in [3.05, 3.63) is 0 Å².